The van der Waals surface area contributed by atoms with Gasteiger partial charge in [-0.25, -0.2) is 0 Å². The Hall–Kier alpha value is -1.97. The Morgan fingerprint density at radius 2 is 1.97 bits per heavy atom. The van der Waals surface area contributed by atoms with Crippen LogP contribution in [0.1, 0.15) is 30.4 Å². The van der Waals surface area contributed by atoms with Crippen molar-refractivity contribution >= 4 is 29.9 Å². The van der Waals surface area contributed by atoms with E-state index in [1.807, 2.05) is 23.1 Å². The zero-order valence-electron chi connectivity index (χ0n) is 17.7. The van der Waals surface area contributed by atoms with Gasteiger partial charge >= 0.3 is 0 Å². The van der Waals surface area contributed by atoms with Gasteiger partial charge in [-0.1, -0.05) is 0 Å². The summed E-state index contributed by atoms with van der Waals surface area (Å²) in [4.78, 5) is 7.16. The molecule has 1 saturated heterocycles. The molecule has 0 saturated carbocycles. The minimum atomic E-state index is 0. The molecule has 1 atom stereocenters. The Morgan fingerprint density at radius 3 is 2.55 bits per heavy atom. The van der Waals surface area contributed by atoms with Crippen LogP contribution in [0.25, 0.3) is 0 Å². The van der Waals surface area contributed by atoms with Crippen LogP contribution < -0.4 is 14.8 Å². The van der Waals surface area contributed by atoms with Gasteiger partial charge in [-0.05, 0) is 43.5 Å². The highest BCUT2D eigenvalue weighted by Gasteiger charge is 2.26. The van der Waals surface area contributed by atoms with Gasteiger partial charge in [0.05, 0.1) is 33.5 Å². The van der Waals surface area contributed by atoms with Crippen molar-refractivity contribution in [3.05, 3.63) is 41.7 Å². The number of halogens is 1. The van der Waals surface area contributed by atoms with Gasteiger partial charge in [-0.15, -0.1) is 24.0 Å². The number of methoxy groups -OCH3 is 2. The first-order chi connectivity index (χ1) is 13.6. The second-order valence-corrected chi connectivity index (χ2v) is 7.09. The first-order valence-corrected chi connectivity index (χ1v) is 9.88. The molecule has 1 fully saturated rings. The number of aryl methyl sites for hydroxylation is 1. The van der Waals surface area contributed by atoms with Gasteiger partial charge in [0.15, 0.2) is 5.96 Å². The van der Waals surface area contributed by atoms with E-state index in [-0.39, 0.29) is 24.0 Å². The molecule has 1 N–H and O–H groups in total. The molecule has 29 heavy (non-hydrogen) atoms. The third-order valence-corrected chi connectivity index (χ3v) is 5.02. The molecule has 1 unspecified atom stereocenters. The molecule has 0 spiro atoms. The van der Waals surface area contributed by atoms with Gasteiger partial charge in [0.25, 0.3) is 0 Å². The predicted octanol–water partition coefficient (Wildman–Crippen LogP) is 3.28. The molecule has 7 nitrogen and oxygen atoms in total. The first kappa shape index (κ1) is 23.3. The number of likely N-dealkylation sites (tertiary alicyclic amines) is 1. The van der Waals surface area contributed by atoms with Crippen LogP contribution in [0.4, 0.5) is 0 Å². The van der Waals surface area contributed by atoms with Crippen LogP contribution in [0.15, 0.2) is 35.6 Å². The standard InChI is InChI=1S/C21H31N5O2.HI/c1-5-22-21(23-7-9-26-14-16(2)13-24-26)25-8-6-17(15-25)18-10-19(27-3)12-20(11-18)28-4;/h10-14,17H,5-9,15H2,1-4H3,(H,22,23);1H. The maximum atomic E-state index is 5.43. The zero-order valence-corrected chi connectivity index (χ0v) is 20.1. The Balaban J connectivity index is 0.00000300. The maximum Gasteiger partial charge on any atom is 0.193 e. The second-order valence-electron chi connectivity index (χ2n) is 7.09. The highest BCUT2D eigenvalue weighted by Crippen LogP contribution is 2.32. The summed E-state index contributed by atoms with van der Waals surface area (Å²) in [6, 6.07) is 6.14. The number of aromatic nitrogens is 2. The molecule has 2 aromatic rings. The molecule has 0 bridgehead atoms. The highest BCUT2D eigenvalue weighted by molar-refractivity contribution is 14.0. The molecule has 1 aliphatic heterocycles. The molecule has 160 valence electrons. The molecule has 3 rings (SSSR count). The van der Waals surface area contributed by atoms with E-state index < -0.39 is 0 Å². The quantitative estimate of drug-likeness (QED) is 0.350. The van der Waals surface area contributed by atoms with Crippen molar-refractivity contribution in [2.75, 3.05) is 40.4 Å². The van der Waals surface area contributed by atoms with E-state index in [0.29, 0.717) is 12.5 Å². The highest BCUT2D eigenvalue weighted by atomic mass is 127. The number of benzene rings is 1. The van der Waals surface area contributed by atoms with Crippen molar-refractivity contribution in [1.29, 1.82) is 0 Å². The van der Waals surface area contributed by atoms with Gasteiger partial charge in [0.1, 0.15) is 11.5 Å². The topological polar surface area (TPSA) is 63.9 Å². The molecule has 8 heteroatoms. The van der Waals surface area contributed by atoms with E-state index in [4.69, 9.17) is 14.5 Å². The van der Waals surface area contributed by atoms with E-state index in [0.717, 1.165) is 50.1 Å². The Kier molecular flexibility index (Phi) is 9.06. The van der Waals surface area contributed by atoms with Crippen molar-refractivity contribution in [3.8, 4) is 11.5 Å². The fraction of sp³-hybridized carbons (Fsp3) is 0.524. The van der Waals surface area contributed by atoms with Crippen LogP contribution in [-0.4, -0.2) is 61.0 Å². The minimum Gasteiger partial charge on any atom is -0.497 e. The molecule has 0 radical (unpaired) electrons. The van der Waals surface area contributed by atoms with Crippen LogP contribution >= 0.6 is 24.0 Å². The summed E-state index contributed by atoms with van der Waals surface area (Å²) in [6.45, 7) is 8.42. The first-order valence-electron chi connectivity index (χ1n) is 9.88. The van der Waals surface area contributed by atoms with Crippen molar-refractivity contribution in [2.45, 2.75) is 32.7 Å². The maximum absolute atomic E-state index is 5.43. The van der Waals surface area contributed by atoms with Crippen LogP contribution in [0, 0.1) is 6.92 Å². The van der Waals surface area contributed by atoms with Crippen molar-refractivity contribution in [2.24, 2.45) is 4.99 Å². The molecular formula is C21H32IN5O2. The number of ether oxygens (including phenoxy) is 2. The van der Waals surface area contributed by atoms with Crippen molar-refractivity contribution < 1.29 is 9.47 Å². The van der Waals surface area contributed by atoms with E-state index in [1.165, 1.54) is 11.1 Å². The number of nitrogens with zero attached hydrogens (tertiary/aromatic N) is 4. The van der Waals surface area contributed by atoms with Crippen LogP contribution in [0.3, 0.4) is 0 Å². The largest absolute Gasteiger partial charge is 0.497 e. The number of hydrogen-bond acceptors (Lipinski definition) is 4. The lowest BCUT2D eigenvalue weighted by molar-refractivity contribution is 0.392. The average molecular weight is 513 g/mol. The second kappa shape index (κ2) is 11.3. The van der Waals surface area contributed by atoms with Crippen molar-refractivity contribution in [1.82, 2.24) is 20.0 Å². The Bertz CT molecular complexity index is 786. The van der Waals surface area contributed by atoms with E-state index in [1.54, 1.807) is 14.2 Å². The van der Waals surface area contributed by atoms with Gasteiger partial charge in [0, 0.05) is 37.8 Å². The average Bonchev–Trinajstić information content (AvgIpc) is 3.36. The molecule has 0 amide bonds. The lowest BCUT2D eigenvalue weighted by Crippen LogP contribution is -2.40. The van der Waals surface area contributed by atoms with Crippen LogP contribution in [-0.2, 0) is 6.54 Å². The summed E-state index contributed by atoms with van der Waals surface area (Å²) in [6.07, 6.45) is 5.01. The summed E-state index contributed by atoms with van der Waals surface area (Å²) in [5, 5.41) is 7.76. The lowest BCUT2D eigenvalue weighted by Gasteiger charge is -2.22. The number of aliphatic imine (C=N–C) groups is 1. The molecular weight excluding hydrogens is 481 g/mol. The van der Waals surface area contributed by atoms with Crippen molar-refractivity contribution in [3.63, 3.8) is 0 Å². The van der Waals surface area contributed by atoms with Gasteiger partial charge in [-0.3, -0.25) is 9.67 Å². The van der Waals surface area contributed by atoms with E-state index >= 15 is 0 Å². The molecule has 0 aliphatic carbocycles. The molecule has 1 aliphatic rings. The minimum absolute atomic E-state index is 0. The predicted molar refractivity (Wildman–Crippen MR) is 127 cm³/mol. The van der Waals surface area contributed by atoms with Crippen LogP contribution in [0.2, 0.25) is 0 Å². The number of hydrogen-bond donors (Lipinski definition) is 1. The monoisotopic (exact) mass is 513 g/mol. The zero-order chi connectivity index (χ0) is 19.9. The third-order valence-electron chi connectivity index (χ3n) is 5.02. The normalized spacial score (nSPS) is 16.5. The smallest absolute Gasteiger partial charge is 0.193 e. The molecule has 1 aromatic carbocycles. The van der Waals surface area contributed by atoms with Gasteiger partial charge in [0.2, 0.25) is 0 Å². The summed E-state index contributed by atoms with van der Waals surface area (Å²) >= 11 is 0. The SMILES string of the molecule is CCNC(=NCCn1cc(C)cn1)N1CCC(c2cc(OC)cc(OC)c2)C1.I. The fourth-order valence-corrected chi connectivity index (χ4v) is 3.56. The Morgan fingerprint density at radius 1 is 1.24 bits per heavy atom. The summed E-state index contributed by atoms with van der Waals surface area (Å²) in [7, 11) is 3.38. The number of guanidine groups is 1. The Labute approximate surface area is 190 Å². The summed E-state index contributed by atoms with van der Waals surface area (Å²) in [5.41, 5.74) is 2.42. The fourth-order valence-electron chi connectivity index (χ4n) is 3.56. The van der Waals surface area contributed by atoms with E-state index in [2.05, 4.69) is 41.3 Å². The number of nitrogens with one attached hydrogen (secondary N) is 1. The van der Waals surface area contributed by atoms with Gasteiger partial charge in [-0.2, -0.15) is 5.10 Å². The van der Waals surface area contributed by atoms with Gasteiger partial charge < -0.3 is 19.7 Å². The lowest BCUT2D eigenvalue weighted by atomic mass is 9.98. The summed E-state index contributed by atoms with van der Waals surface area (Å²) < 4.78 is 12.8. The van der Waals surface area contributed by atoms with Crippen LogP contribution in [0.5, 0.6) is 11.5 Å². The molecule has 1 aromatic heterocycles. The third kappa shape index (κ3) is 6.25. The number of rotatable bonds is 7. The van der Waals surface area contributed by atoms with E-state index in [9.17, 15) is 0 Å². The summed E-state index contributed by atoms with van der Waals surface area (Å²) in [5.74, 6) is 3.08. The molecule has 2 heterocycles.